The maximum Gasteiger partial charge on any atom is 0.319 e. The van der Waals surface area contributed by atoms with Crippen molar-refractivity contribution in [3.63, 3.8) is 0 Å². The van der Waals surface area contributed by atoms with Crippen molar-refractivity contribution in [2.45, 2.75) is 25.7 Å². The van der Waals surface area contributed by atoms with E-state index < -0.39 is 11.8 Å². The molecule has 0 heterocycles. The first-order valence-corrected chi connectivity index (χ1v) is 7.08. The van der Waals surface area contributed by atoms with Crippen LogP contribution in [0.15, 0.2) is 24.3 Å². The molecule has 21 heavy (non-hydrogen) atoms. The Morgan fingerprint density at radius 1 is 1.24 bits per heavy atom. The van der Waals surface area contributed by atoms with E-state index in [4.69, 9.17) is 5.11 Å². The highest BCUT2D eigenvalue weighted by atomic mass is 19.1. The molecule has 6 heteroatoms. The zero-order valence-corrected chi connectivity index (χ0v) is 11.6. The first-order valence-electron chi connectivity index (χ1n) is 7.08. The van der Waals surface area contributed by atoms with Gasteiger partial charge in [-0.15, -0.1) is 0 Å². The molecule has 0 aliphatic heterocycles. The quantitative estimate of drug-likeness (QED) is 0.799. The van der Waals surface area contributed by atoms with Crippen molar-refractivity contribution >= 4 is 17.7 Å². The van der Waals surface area contributed by atoms with Crippen LogP contribution >= 0.6 is 0 Å². The van der Waals surface area contributed by atoms with Crippen LogP contribution in [0.3, 0.4) is 0 Å². The molecule has 1 fully saturated rings. The number of benzene rings is 1. The number of anilines is 1. The molecule has 0 saturated heterocycles. The van der Waals surface area contributed by atoms with Gasteiger partial charge in [0.05, 0.1) is 5.92 Å². The molecule has 3 N–H and O–H groups in total. The molecule has 1 saturated carbocycles. The van der Waals surface area contributed by atoms with E-state index >= 15 is 0 Å². The van der Waals surface area contributed by atoms with Crippen LogP contribution in [0.1, 0.15) is 25.7 Å². The van der Waals surface area contributed by atoms with Crippen molar-refractivity contribution < 1.29 is 19.1 Å². The summed E-state index contributed by atoms with van der Waals surface area (Å²) in [4.78, 5) is 22.5. The van der Waals surface area contributed by atoms with Crippen LogP contribution in [0.4, 0.5) is 14.9 Å². The number of halogens is 1. The van der Waals surface area contributed by atoms with E-state index in [1.54, 1.807) is 6.07 Å². The smallest absolute Gasteiger partial charge is 0.319 e. The van der Waals surface area contributed by atoms with Gasteiger partial charge < -0.3 is 15.7 Å². The summed E-state index contributed by atoms with van der Waals surface area (Å²) in [7, 11) is 0. The number of carbonyl (C=O) groups is 2. The van der Waals surface area contributed by atoms with E-state index in [1.807, 2.05) is 0 Å². The zero-order chi connectivity index (χ0) is 15.2. The van der Waals surface area contributed by atoms with E-state index in [1.165, 1.54) is 18.2 Å². The Morgan fingerprint density at radius 2 is 1.95 bits per heavy atom. The third kappa shape index (κ3) is 4.73. The second-order valence-corrected chi connectivity index (χ2v) is 5.40. The van der Waals surface area contributed by atoms with E-state index in [9.17, 15) is 14.0 Å². The Bertz CT molecular complexity index is 513. The summed E-state index contributed by atoms with van der Waals surface area (Å²) in [6, 6.07) is 5.32. The van der Waals surface area contributed by atoms with Crippen LogP contribution in [0.2, 0.25) is 0 Å². The van der Waals surface area contributed by atoms with Crippen LogP contribution < -0.4 is 10.6 Å². The van der Waals surface area contributed by atoms with E-state index in [2.05, 4.69) is 10.6 Å². The summed E-state index contributed by atoms with van der Waals surface area (Å²) < 4.78 is 13.0. The van der Waals surface area contributed by atoms with Gasteiger partial charge in [-0.25, -0.2) is 9.18 Å². The second kappa shape index (κ2) is 7.06. The molecule has 0 aromatic heterocycles. The van der Waals surface area contributed by atoms with Crippen LogP contribution in [0.25, 0.3) is 0 Å². The number of amides is 2. The molecule has 0 spiro atoms. The summed E-state index contributed by atoms with van der Waals surface area (Å²) in [5.41, 5.74) is 0.405. The highest BCUT2D eigenvalue weighted by molar-refractivity contribution is 5.89. The van der Waals surface area contributed by atoms with Gasteiger partial charge in [-0.05, 0) is 49.8 Å². The first-order chi connectivity index (χ1) is 10.0. The van der Waals surface area contributed by atoms with Crippen molar-refractivity contribution in [3.05, 3.63) is 30.1 Å². The molecular formula is C15H19FN2O3. The minimum absolute atomic E-state index is 0.248. The zero-order valence-electron chi connectivity index (χ0n) is 11.6. The SMILES string of the molecule is O=C(NCC1CCC(C(=O)O)CC1)Nc1cccc(F)c1. The summed E-state index contributed by atoms with van der Waals surface area (Å²) in [5, 5.41) is 14.2. The molecule has 1 aliphatic carbocycles. The Balaban J connectivity index is 1.71. The second-order valence-electron chi connectivity index (χ2n) is 5.40. The number of hydrogen-bond donors (Lipinski definition) is 3. The fourth-order valence-corrected chi connectivity index (χ4v) is 2.59. The molecule has 0 bridgehead atoms. The summed E-state index contributed by atoms with van der Waals surface area (Å²) >= 11 is 0. The monoisotopic (exact) mass is 294 g/mol. The summed E-state index contributed by atoms with van der Waals surface area (Å²) in [6.45, 7) is 0.507. The predicted octanol–water partition coefficient (Wildman–Crippen LogP) is 2.84. The van der Waals surface area contributed by atoms with Gasteiger partial charge >= 0.3 is 12.0 Å². The molecule has 5 nitrogen and oxygen atoms in total. The lowest BCUT2D eigenvalue weighted by Gasteiger charge is -2.26. The lowest BCUT2D eigenvalue weighted by molar-refractivity contribution is -0.143. The molecular weight excluding hydrogens is 275 g/mol. The molecule has 2 rings (SSSR count). The van der Waals surface area contributed by atoms with Crippen molar-refractivity contribution in [2.75, 3.05) is 11.9 Å². The topological polar surface area (TPSA) is 78.4 Å². The standard InChI is InChI=1S/C15H19FN2O3/c16-12-2-1-3-13(8-12)18-15(21)17-9-10-4-6-11(7-5-10)14(19)20/h1-3,8,10-11H,4-7,9H2,(H,19,20)(H2,17,18,21). The first kappa shape index (κ1) is 15.3. The molecule has 0 radical (unpaired) electrons. The Kier molecular flexibility index (Phi) is 5.14. The fourth-order valence-electron chi connectivity index (χ4n) is 2.59. The number of carbonyl (C=O) groups excluding carboxylic acids is 1. The number of rotatable bonds is 4. The van der Waals surface area contributed by atoms with Gasteiger partial charge in [0.25, 0.3) is 0 Å². The molecule has 1 aliphatic rings. The number of urea groups is 1. The Hall–Kier alpha value is -2.11. The number of nitrogens with one attached hydrogen (secondary N) is 2. The van der Waals surface area contributed by atoms with Crippen molar-refractivity contribution in [1.29, 1.82) is 0 Å². The van der Waals surface area contributed by atoms with Gasteiger partial charge in [0, 0.05) is 12.2 Å². The average Bonchev–Trinajstić information content (AvgIpc) is 2.45. The highest BCUT2D eigenvalue weighted by Gasteiger charge is 2.25. The highest BCUT2D eigenvalue weighted by Crippen LogP contribution is 2.28. The van der Waals surface area contributed by atoms with Gasteiger partial charge in [0.2, 0.25) is 0 Å². The maximum absolute atomic E-state index is 13.0. The maximum atomic E-state index is 13.0. The number of carboxylic acids is 1. The van der Waals surface area contributed by atoms with Crippen molar-refractivity contribution in [2.24, 2.45) is 11.8 Å². The van der Waals surface area contributed by atoms with Crippen molar-refractivity contribution in [1.82, 2.24) is 5.32 Å². The molecule has 114 valence electrons. The minimum Gasteiger partial charge on any atom is -0.481 e. The third-order valence-electron chi connectivity index (χ3n) is 3.83. The van der Waals surface area contributed by atoms with Crippen LogP contribution in [-0.2, 0) is 4.79 Å². The summed E-state index contributed by atoms with van der Waals surface area (Å²) in [5.74, 6) is -1.08. The number of carboxylic acid groups (broad SMARTS) is 1. The average molecular weight is 294 g/mol. The van der Waals surface area contributed by atoms with Gasteiger partial charge in [-0.1, -0.05) is 6.07 Å². The van der Waals surface area contributed by atoms with E-state index in [-0.39, 0.29) is 11.9 Å². The molecule has 0 atom stereocenters. The third-order valence-corrected chi connectivity index (χ3v) is 3.83. The number of aliphatic carboxylic acids is 1. The van der Waals surface area contributed by atoms with E-state index in [0.29, 0.717) is 31.0 Å². The van der Waals surface area contributed by atoms with Crippen LogP contribution in [-0.4, -0.2) is 23.7 Å². The molecule has 1 aromatic rings. The van der Waals surface area contributed by atoms with E-state index in [0.717, 1.165) is 12.8 Å². The van der Waals surface area contributed by atoms with Crippen LogP contribution in [0, 0.1) is 17.7 Å². The van der Waals surface area contributed by atoms with Crippen LogP contribution in [0.5, 0.6) is 0 Å². The molecule has 1 aromatic carbocycles. The van der Waals surface area contributed by atoms with Gasteiger partial charge in [-0.2, -0.15) is 0 Å². The van der Waals surface area contributed by atoms with Crippen molar-refractivity contribution in [3.8, 4) is 0 Å². The van der Waals surface area contributed by atoms with Gasteiger partial charge in [0.1, 0.15) is 5.82 Å². The number of hydrogen-bond acceptors (Lipinski definition) is 2. The molecule has 2 amide bonds. The minimum atomic E-state index is -0.731. The Labute approximate surface area is 122 Å². The lowest BCUT2D eigenvalue weighted by Crippen LogP contribution is -2.35. The summed E-state index contributed by atoms with van der Waals surface area (Å²) in [6.07, 6.45) is 2.93. The normalized spacial score (nSPS) is 21.6. The Morgan fingerprint density at radius 3 is 2.57 bits per heavy atom. The molecule has 0 unspecified atom stereocenters. The van der Waals surface area contributed by atoms with Gasteiger partial charge in [0.15, 0.2) is 0 Å². The van der Waals surface area contributed by atoms with Gasteiger partial charge in [-0.3, -0.25) is 4.79 Å². The predicted molar refractivity (Wildman–Crippen MR) is 76.5 cm³/mol. The largest absolute Gasteiger partial charge is 0.481 e. The lowest BCUT2D eigenvalue weighted by atomic mass is 9.82. The fraction of sp³-hybridized carbons (Fsp3) is 0.467.